The third kappa shape index (κ3) is 6.83. The molecule has 7 nitrogen and oxygen atoms in total. The fourth-order valence-electron chi connectivity index (χ4n) is 3.35. The van der Waals surface area contributed by atoms with Crippen molar-refractivity contribution in [3.63, 3.8) is 0 Å². The molecule has 0 amide bonds. The summed E-state index contributed by atoms with van der Waals surface area (Å²) in [6.07, 6.45) is 2.07. The van der Waals surface area contributed by atoms with Crippen LogP contribution in [0.3, 0.4) is 0 Å². The number of rotatable bonds is 6. The number of ether oxygens (including phenoxy) is 2. The molecule has 2 aromatic carbocycles. The summed E-state index contributed by atoms with van der Waals surface area (Å²) in [5.41, 5.74) is 7.88. The summed E-state index contributed by atoms with van der Waals surface area (Å²) in [4.78, 5) is 11.2. The maximum Gasteiger partial charge on any atom is 0.193 e. The lowest BCUT2D eigenvalue weighted by atomic mass is 10.2. The molecule has 1 aliphatic heterocycles. The van der Waals surface area contributed by atoms with Gasteiger partial charge in [-0.3, -0.25) is 0 Å². The van der Waals surface area contributed by atoms with Gasteiger partial charge in [-0.1, -0.05) is 30.3 Å². The number of hydrogen-bond donors (Lipinski definition) is 2. The number of nitrogens with one attached hydrogen (secondary N) is 1. The Bertz CT molecular complexity index is 1010. The second-order valence-corrected chi connectivity index (χ2v) is 7.42. The zero-order valence-corrected chi connectivity index (χ0v) is 20.3. The lowest BCUT2D eigenvalue weighted by molar-refractivity contribution is 0.0529. The van der Waals surface area contributed by atoms with E-state index < -0.39 is 0 Å². The Hall–Kier alpha value is -2.85. The molecule has 4 rings (SSSR count). The fourth-order valence-corrected chi connectivity index (χ4v) is 3.35. The van der Waals surface area contributed by atoms with Gasteiger partial charge in [0.15, 0.2) is 5.96 Å². The fraction of sp³-hybridized carbons (Fsp3) is 0.250. The minimum atomic E-state index is 0. The van der Waals surface area contributed by atoms with Crippen LogP contribution in [0.25, 0.3) is 0 Å². The van der Waals surface area contributed by atoms with Crippen molar-refractivity contribution >= 4 is 41.4 Å². The topological polar surface area (TPSA) is 85.0 Å². The predicted octanol–water partition coefficient (Wildman–Crippen LogP) is 4.64. The van der Waals surface area contributed by atoms with Crippen molar-refractivity contribution in [3.05, 3.63) is 78.5 Å². The van der Waals surface area contributed by atoms with Crippen molar-refractivity contribution in [1.82, 2.24) is 4.98 Å². The lowest BCUT2D eigenvalue weighted by Crippen LogP contribution is -2.41. The molecule has 1 saturated heterocycles. The molecule has 1 aromatic heterocycles. The van der Waals surface area contributed by atoms with E-state index in [2.05, 4.69) is 27.1 Å². The van der Waals surface area contributed by atoms with E-state index in [1.165, 1.54) is 0 Å². The van der Waals surface area contributed by atoms with E-state index in [1.54, 1.807) is 0 Å². The molecule has 32 heavy (non-hydrogen) atoms. The summed E-state index contributed by atoms with van der Waals surface area (Å²) in [5, 5.41) is 3.11. The number of hydrogen-bond acceptors (Lipinski definition) is 5. The number of nitrogens with two attached hydrogens (primary N) is 1. The molecule has 8 heteroatoms. The van der Waals surface area contributed by atoms with Gasteiger partial charge in [0.2, 0.25) is 0 Å². The van der Waals surface area contributed by atoms with Crippen LogP contribution in [0.2, 0.25) is 0 Å². The van der Waals surface area contributed by atoms with E-state index in [4.69, 9.17) is 15.2 Å². The van der Waals surface area contributed by atoms with Crippen LogP contribution in [-0.2, 0) is 11.3 Å². The first-order chi connectivity index (χ1) is 15.2. The molecule has 1 fully saturated rings. The van der Waals surface area contributed by atoms with Crippen LogP contribution < -0.4 is 20.7 Å². The molecule has 2 heterocycles. The minimum absolute atomic E-state index is 0. The van der Waals surface area contributed by atoms with E-state index in [-0.39, 0.29) is 30.1 Å². The van der Waals surface area contributed by atoms with Gasteiger partial charge in [0, 0.05) is 31.0 Å². The van der Waals surface area contributed by atoms with Crippen molar-refractivity contribution in [1.29, 1.82) is 0 Å². The quantitative estimate of drug-likeness (QED) is 0.267. The van der Waals surface area contributed by atoms with Crippen LogP contribution in [0.4, 0.5) is 11.5 Å². The highest BCUT2D eigenvalue weighted by molar-refractivity contribution is 14.0. The number of guanidine groups is 1. The van der Waals surface area contributed by atoms with Crippen LogP contribution >= 0.6 is 24.0 Å². The molecule has 0 radical (unpaired) electrons. The van der Waals surface area contributed by atoms with Gasteiger partial charge in [-0.15, -0.1) is 24.0 Å². The zero-order chi connectivity index (χ0) is 21.5. The number of nitrogens with zero attached hydrogens (tertiary/aromatic N) is 3. The van der Waals surface area contributed by atoms with Gasteiger partial charge in [-0.05, 0) is 42.8 Å². The van der Waals surface area contributed by atoms with Crippen LogP contribution in [-0.4, -0.2) is 36.7 Å². The summed E-state index contributed by atoms with van der Waals surface area (Å²) >= 11 is 0. The first-order valence-electron chi connectivity index (χ1n) is 10.4. The molecule has 1 atom stereocenters. The second-order valence-electron chi connectivity index (χ2n) is 7.42. The summed E-state index contributed by atoms with van der Waals surface area (Å²) in [5.74, 6) is 2.80. The van der Waals surface area contributed by atoms with Crippen molar-refractivity contribution in [3.8, 4) is 11.5 Å². The van der Waals surface area contributed by atoms with Gasteiger partial charge >= 0.3 is 0 Å². The Kier molecular flexibility index (Phi) is 8.69. The molecule has 0 saturated carbocycles. The third-order valence-electron chi connectivity index (χ3n) is 4.89. The summed E-state index contributed by atoms with van der Waals surface area (Å²) in [6, 6.07) is 21.3. The lowest BCUT2D eigenvalue weighted by Gasteiger charge is -2.32. The SMILES string of the molecule is CC1CN(c2ccc(CN=C(N)Nc3cccc(Oc4ccccc4)c3)cn2)CCO1.I. The Balaban J connectivity index is 0.00000289. The van der Waals surface area contributed by atoms with Gasteiger partial charge in [0.05, 0.1) is 19.3 Å². The molecule has 168 valence electrons. The van der Waals surface area contributed by atoms with Crippen LogP contribution in [0.1, 0.15) is 12.5 Å². The number of halogens is 1. The van der Waals surface area contributed by atoms with Crippen molar-refractivity contribution < 1.29 is 9.47 Å². The van der Waals surface area contributed by atoms with E-state index in [1.807, 2.05) is 72.9 Å². The molecule has 0 bridgehead atoms. The van der Waals surface area contributed by atoms with E-state index in [0.29, 0.717) is 12.5 Å². The Morgan fingerprint density at radius 2 is 1.97 bits per heavy atom. The van der Waals surface area contributed by atoms with E-state index in [9.17, 15) is 0 Å². The average Bonchev–Trinajstić information content (AvgIpc) is 2.79. The Morgan fingerprint density at radius 1 is 1.16 bits per heavy atom. The molecule has 0 spiro atoms. The number of anilines is 2. The molecule has 1 aliphatic rings. The van der Waals surface area contributed by atoms with E-state index in [0.717, 1.165) is 48.3 Å². The van der Waals surface area contributed by atoms with Gasteiger partial charge < -0.3 is 25.4 Å². The number of morpholine rings is 1. The van der Waals surface area contributed by atoms with E-state index >= 15 is 0 Å². The predicted molar refractivity (Wildman–Crippen MR) is 139 cm³/mol. The monoisotopic (exact) mass is 545 g/mol. The minimum Gasteiger partial charge on any atom is -0.457 e. The maximum atomic E-state index is 6.07. The van der Waals surface area contributed by atoms with Crippen LogP contribution in [0.5, 0.6) is 11.5 Å². The zero-order valence-electron chi connectivity index (χ0n) is 18.0. The largest absolute Gasteiger partial charge is 0.457 e. The summed E-state index contributed by atoms with van der Waals surface area (Å²) in [6.45, 7) is 4.97. The van der Waals surface area contributed by atoms with Crippen LogP contribution in [0.15, 0.2) is 77.9 Å². The van der Waals surface area contributed by atoms with Crippen molar-refractivity contribution in [2.24, 2.45) is 10.7 Å². The summed E-state index contributed by atoms with van der Waals surface area (Å²) in [7, 11) is 0. The highest BCUT2D eigenvalue weighted by Gasteiger charge is 2.17. The number of benzene rings is 2. The van der Waals surface area contributed by atoms with Gasteiger partial charge in [-0.2, -0.15) is 0 Å². The summed E-state index contributed by atoms with van der Waals surface area (Å²) < 4.78 is 11.4. The van der Waals surface area contributed by atoms with Gasteiger partial charge in [-0.25, -0.2) is 9.98 Å². The average molecular weight is 545 g/mol. The van der Waals surface area contributed by atoms with Crippen LogP contribution in [0, 0.1) is 0 Å². The molecule has 3 N–H and O–H groups in total. The number of aliphatic imine (C=N–C) groups is 1. The maximum absolute atomic E-state index is 6.07. The number of aromatic nitrogens is 1. The first kappa shape index (κ1) is 23.8. The van der Waals surface area contributed by atoms with Gasteiger partial charge in [0.1, 0.15) is 17.3 Å². The number of pyridine rings is 1. The molecular weight excluding hydrogens is 517 g/mol. The van der Waals surface area contributed by atoms with Crippen molar-refractivity contribution in [2.45, 2.75) is 19.6 Å². The molecule has 0 aliphatic carbocycles. The highest BCUT2D eigenvalue weighted by atomic mass is 127. The second kappa shape index (κ2) is 11.7. The molecule has 1 unspecified atom stereocenters. The Labute approximate surface area is 205 Å². The normalized spacial score (nSPS) is 16.2. The van der Waals surface area contributed by atoms with Crippen molar-refractivity contribution in [2.75, 3.05) is 29.9 Å². The smallest absolute Gasteiger partial charge is 0.193 e. The highest BCUT2D eigenvalue weighted by Crippen LogP contribution is 2.23. The third-order valence-corrected chi connectivity index (χ3v) is 4.89. The van der Waals surface area contributed by atoms with Gasteiger partial charge in [0.25, 0.3) is 0 Å². The Morgan fingerprint density at radius 3 is 2.72 bits per heavy atom. The number of para-hydroxylation sites is 1. The standard InChI is InChI=1S/C24H27N5O2.HI/c1-18-17-29(12-13-30-18)23-11-10-19(15-26-23)16-27-24(25)28-20-6-5-9-22(14-20)31-21-7-3-2-4-8-21;/h2-11,14-15,18H,12-13,16-17H2,1H3,(H3,25,27,28);1H. The first-order valence-corrected chi connectivity index (χ1v) is 10.4. The molecular formula is C24H28IN5O2. The molecule has 3 aromatic rings.